The zero-order valence-electron chi connectivity index (χ0n) is 16.2. The Morgan fingerprint density at radius 1 is 1.04 bits per heavy atom. The van der Waals surface area contributed by atoms with E-state index in [9.17, 15) is 14.4 Å². The highest BCUT2D eigenvalue weighted by molar-refractivity contribution is 5.96. The van der Waals surface area contributed by atoms with E-state index in [4.69, 9.17) is 0 Å². The molecule has 3 rings (SSSR count). The molecule has 0 saturated carbocycles. The number of benzene rings is 2. The van der Waals surface area contributed by atoms with Gasteiger partial charge in [0.1, 0.15) is 6.04 Å². The van der Waals surface area contributed by atoms with Crippen molar-refractivity contribution in [1.29, 1.82) is 0 Å². The first kappa shape index (κ1) is 19.6. The SMILES string of the molecule is CCc1ccccc1NC(=O)CNC(=O)[C@H]1Cc2ccccc2CN1C(C)=O. The van der Waals surface area contributed by atoms with Gasteiger partial charge in [-0.15, -0.1) is 0 Å². The van der Waals surface area contributed by atoms with Crippen LogP contribution in [0.1, 0.15) is 30.5 Å². The normalized spacial score (nSPS) is 15.5. The Labute approximate surface area is 164 Å². The van der Waals surface area contributed by atoms with Gasteiger partial charge in [-0.25, -0.2) is 0 Å². The first-order chi connectivity index (χ1) is 13.5. The molecule has 0 fully saturated rings. The molecule has 1 atom stereocenters. The van der Waals surface area contributed by atoms with Crippen LogP contribution in [0.2, 0.25) is 0 Å². The molecule has 3 amide bonds. The molecular weight excluding hydrogens is 354 g/mol. The molecule has 1 aliphatic rings. The van der Waals surface area contributed by atoms with Crippen LogP contribution < -0.4 is 10.6 Å². The molecule has 0 spiro atoms. The monoisotopic (exact) mass is 379 g/mol. The summed E-state index contributed by atoms with van der Waals surface area (Å²) in [7, 11) is 0. The zero-order chi connectivity index (χ0) is 20.1. The van der Waals surface area contributed by atoms with Gasteiger partial charge in [0, 0.05) is 25.6 Å². The van der Waals surface area contributed by atoms with Crippen molar-refractivity contribution >= 4 is 23.4 Å². The topological polar surface area (TPSA) is 78.5 Å². The average Bonchev–Trinajstić information content (AvgIpc) is 2.71. The Morgan fingerprint density at radius 3 is 2.43 bits per heavy atom. The van der Waals surface area contributed by atoms with E-state index in [1.807, 2.05) is 55.5 Å². The number of nitrogens with one attached hydrogen (secondary N) is 2. The molecule has 0 aromatic heterocycles. The number of para-hydroxylation sites is 1. The van der Waals surface area contributed by atoms with Gasteiger partial charge < -0.3 is 15.5 Å². The van der Waals surface area contributed by atoms with E-state index in [-0.39, 0.29) is 24.3 Å². The van der Waals surface area contributed by atoms with Crippen molar-refractivity contribution in [1.82, 2.24) is 10.2 Å². The lowest BCUT2D eigenvalue weighted by atomic mass is 9.93. The molecule has 0 bridgehead atoms. The Hall–Kier alpha value is -3.15. The van der Waals surface area contributed by atoms with Crippen LogP contribution in [0.3, 0.4) is 0 Å². The minimum absolute atomic E-state index is 0.138. The highest BCUT2D eigenvalue weighted by Crippen LogP contribution is 2.23. The van der Waals surface area contributed by atoms with E-state index in [0.29, 0.717) is 13.0 Å². The van der Waals surface area contributed by atoms with Crippen LogP contribution in [0.25, 0.3) is 0 Å². The Morgan fingerprint density at radius 2 is 1.71 bits per heavy atom. The lowest BCUT2D eigenvalue weighted by molar-refractivity contribution is -0.140. The minimum atomic E-state index is -0.608. The van der Waals surface area contributed by atoms with E-state index < -0.39 is 6.04 Å². The molecular formula is C22H25N3O3. The summed E-state index contributed by atoms with van der Waals surface area (Å²) in [5, 5.41) is 5.52. The van der Waals surface area contributed by atoms with E-state index >= 15 is 0 Å². The lowest BCUT2D eigenvalue weighted by Crippen LogP contribution is -2.52. The van der Waals surface area contributed by atoms with Gasteiger partial charge in [-0.1, -0.05) is 49.4 Å². The zero-order valence-corrected chi connectivity index (χ0v) is 16.2. The van der Waals surface area contributed by atoms with Crippen molar-refractivity contribution in [2.45, 2.75) is 39.3 Å². The summed E-state index contributed by atoms with van der Waals surface area (Å²) in [6.45, 7) is 3.74. The summed E-state index contributed by atoms with van der Waals surface area (Å²) in [5.74, 6) is -0.764. The Balaban J connectivity index is 1.63. The Kier molecular flexibility index (Phi) is 6.09. The van der Waals surface area contributed by atoms with Gasteiger partial charge in [-0.2, -0.15) is 0 Å². The molecule has 0 radical (unpaired) electrons. The third-order valence-corrected chi connectivity index (χ3v) is 5.05. The second-order valence-electron chi connectivity index (χ2n) is 6.91. The van der Waals surface area contributed by atoms with Crippen molar-refractivity contribution in [3.8, 4) is 0 Å². The van der Waals surface area contributed by atoms with E-state index in [0.717, 1.165) is 28.8 Å². The van der Waals surface area contributed by atoms with Crippen molar-refractivity contribution in [3.63, 3.8) is 0 Å². The number of rotatable bonds is 5. The highest BCUT2D eigenvalue weighted by Gasteiger charge is 2.33. The maximum absolute atomic E-state index is 12.7. The smallest absolute Gasteiger partial charge is 0.243 e. The average molecular weight is 379 g/mol. The van der Waals surface area contributed by atoms with Crippen LogP contribution in [0.15, 0.2) is 48.5 Å². The molecule has 1 heterocycles. The molecule has 0 aliphatic carbocycles. The van der Waals surface area contributed by atoms with Gasteiger partial charge in [-0.3, -0.25) is 14.4 Å². The number of carbonyl (C=O) groups excluding carboxylic acids is 3. The van der Waals surface area contributed by atoms with Crippen LogP contribution in [0.4, 0.5) is 5.69 Å². The van der Waals surface area contributed by atoms with Gasteiger partial charge in [-0.05, 0) is 29.2 Å². The number of anilines is 1. The summed E-state index contributed by atoms with van der Waals surface area (Å²) < 4.78 is 0. The van der Waals surface area contributed by atoms with E-state index in [1.165, 1.54) is 6.92 Å². The van der Waals surface area contributed by atoms with Crippen LogP contribution in [0.5, 0.6) is 0 Å². The van der Waals surface area contributed by atoms with Gasteiger partial charge >= 0.3 is 0 Å². The minimum Gasteiger partial charge on any atom is -0.345 e. The number of hydrogen-bond acceptors (Lipinski definition) is 3. The molecule has 6 heteroatoms. The molecule has 2 aromatic carbocycles. The third kappa shape index (κ3) is 4.39. The quantitative estimate of drug-likeness (QED) is 0.837. The maximum atomic E-state index is 12.7. The van der Waals surface area contributed by atoms with Gasteiger partial charge in [0.25, 0.3) is 0 Å². The molecule has 0 unspecified atom stereocenters. The third-order valence-electron chi connectivity index (χ3n) is 5.05. The van der Waals surface area contributed by atoms with Crippen LogP contribution in [0, 0.1) is 0 Å². The molecule has 6 nitrogen and oxygen atoms in total. The van der Waals surface area contributed by atoms with E-state index in [1.54, 1.807) is 4.90 Å². The number of hydrogen-bond donors (Lipinski definition) is 2. The molecule has 2 N–H and O–H groups in total. The molecule has 0 saturated heterocycles. The standard InChI is InChI=1S/C22H25N3O3/c1-3-16-8-6-7-11-19(16)24-21(27)13-23-22(28)20-12-17-9-4-5-10-18(17)14-25(20)15(2)26/h4-11,20H,3,12-14H2,1-2H3,(H,23,28)(H,24,27)/t20-/m1/s1. The summed E-state index contributed by atoms with van der Waals surface area (Å²) in [6.07, 6.45) is 1.25. The molecule has 28 heavy (non-hydrogen) atoms. The number of carbonyl (C=O) groups is 3. The summed E-state index contributed by atoms with van der Waals surface area (Å²) >= 11 is 0. The molecule has 1 aliphatic heterocycles. The first-order valence-electron chi connectivity index (χ1n) is 9.49. The molecule has 146 valence electrons. The summed E-state index contributed by atoms with van der Waals surface area (Å²) in [4.78, 5) is 38.6. The number of aryl methyl sites for hydroxylation is 1. The number of amides is 3. The van der Waals surface area contributed by atoms with Crippen molar-refractivity contribution < 1.29 is 14.4 Å². The maximum Gasteiger partial charge on any atom is 0.243 e. The summed E-state index contributed by atoms with van der Waals surface area (Å²) in [5.41, 5.74) is 3.90. The van der Waals surface area contributed by atoms with Crippen LogP contribution in [-0.2, 0) is 33.8 Å². The Bertz CT molecular complexity index is 894. The predicted molar refractivity (Wildman–Crippen MR) is 108 cm³/mol. The largest absolute Gasteiger partial charge is 0.345 e. The van der Waals surface area contributed by atoms with Crippen molar-refractivity contribution in [3.05, 3.63) is 65.2 Å². The van der Waals surface area contributed by atoms with Crippen molar-refractivity contribution in [2.75, 3.05) is 11.9 Å². The number of nitrogens with zero attached hydrogens (tertiary/aromatic N) is 1. The van der Waals surface area contributed by atoms with Gasteiger partial charge in [0.05, 0.1) is 6.54 Å². The molecule has 2 aromatic rings. The fourth-order valence-corrected chi connectivity index (χ4v) is 3.52. The lowest BCUT2D eigenvalue weighted by Gasteiger charge is -2.35. The fraction of sp³-hybridized carbons (Fsp3) is 0.318. The van der Waals surface area contributed by atoms with Crippen molar-refractivity contribution in [2.24, 2.45) is 0 Å². The fourth-order valence-electron chi connectivity index (χ4n) is 3.52. The van der Waals surface area contributed by atoms with Crippen LogP contribution >= 0.6 is 0 Å². The van der Waals surface area contributed by atoms with E-state index in [2.05, 4.69) is 10.6 Å². The second-order valence-corrected chi connectivity index (χ2v) is 6.91. The van der Waals surface area contributed by atoms with Gasteiger partial charge in [0.2, 0.25) is 17.7 Å². The van der Waals surface area contributed by atoms with Crippen LogP contribution in [-0.4, -0.2) is 35.2 Å². The van der Waals surface area contributed by atoms with Gasteiger partial charge in [0.15, 0.2) is 0 Å². The predicted octanol–water partition coefficient (Wildman–Crippen LogP) is 2.28. The number of fused-ring (bicyclic) bond motifs is 1. The first-order valence-corrected chi connectivity index (χ1v) is 9.49. The second kappa shape index (κ2) is 8.69. The summed E-state index contributed by atoms with van der Waals surface area (Å²) in [6, 6.07) is 14.8. The highest BCUT2D eigenvalue weighted by atomic mass is 16.2.